The van der Waals surface area contributed by atoms with Crippen LogP contribution in [0.5, 0.6) is 0 Å². The topological polar surface area (TPSA) is 52.6 Å². The van der Waals surface area contributed by atoms with E-state index < -0.39 is 0 Å². The number of ether oxygens (including phenoxy) is 2. The summed E-state index contributed by atoms with van der Waals surface area (Å²) in [4.78, 5) is 23.4. The second-order valence-electron chi connectivity index (χ2n) is 9.99. The summed E-state index contributed by atoms with van der Waals surface area (Å²) < 4.78 is 11.5. The molecule has 0 saturated heterocycles. The van der Waals surface area contributed by atoms with Gasteiger partial charge in [-0.05, 0) is 68.6 Å². The minimum atomic E-state index is -0.211. The third-order valence-electron chi connectivity index (χ3n) is 8.32. The molecule has 150 valence electrons. The first-order chi connectivity index (χ1) is 12.7. The van der Waals surface area contributed by atoms with Gasteiger partial charge in [-0.25, -0.2) is 0 Å². The summed E-state index contributed by atoms with van der Waals surface area (Å²) >= 11 is 0. The summed E-state index contributed by atoms with van der Waals surface area (Å²) in [5, 5.41) is 0. The molecule has 3 fully saturated rings. The van der Waals surface area contributed by atoms with E-state index in [1.165, 1.54) is 51.5 Å². The fourth-order valence-electron chi connectivity index (χ4n) is 7.13. The second-order valence-corrected chi connectivity index (χ2v) is 9.99. The molecule has 4 rings (SSSR count). The first-order valence-electron chi connectivity index (χ1n) is 10.8. The minimum absolute atomic E-state index is 0.0632. The lowest BCUT2D eigenvalue weighted by molar-refractivity contribution is -0.162. The van der Waals surface area contributed by atoms with Crippen molar-refractivity contribution in [3.8, 4) is 0 Å². The van der Waals surface area contributed by atoms with Gasteiger partial charge in [-0.3, -0.25) is 9.59 Å². The van der Waals surface area contributed by atoms with Gasteiger partial charge in [0.05, 0.1) is 0 Å². The van der Waals surface area contributed by atoms with Crippen LogP contribution in [0.4, 0.5) is 0 Å². The van der Waals surface area contributed by atoms with Crippen LogP contribution in [0.3, 0.4) is 0 Å². The van der Waals surface area contributed by atoms with Gasteiger partial charge < -0.3 is 9.47 Å². The quantitative estimate of drug-likeness (QED) is 0.506. The van der Waals surface area contributed by atoms with Gasteiger partial charge in [0.15, 0.2) is 0 Å². The lowest BCUT2D eigenvalue weighted by atomic mass is 9.52. The number of carbonyl (C=O) groups is 2. The predicted molar refractivity (Wildman–Crippen MR) is 103 cm³/mol. The van der Waals surface area contributed by atoms with Gasteiger partial charge in [0.2, 0.25) is 0 Å². The lowest BCUT2D eigenvalue weighted by Gasteiger charge is -2.55. The Morgan fingerprint density at radius 2 is 1.74 bits per heavy atom. The van der Waals surface area contributed by atoms with Crippen LogP contribution in [0.2, 0.25) is 0 Å². The lowest BCUT2D eigenvalue weighted by Crippen LogP contribution is -2.51. The summed E-state index contributed by atoms with van der Waals surface area (Å²) in [6, 6.07) is 0. The molecule has 6 atom stereocenters. The Balaban J connectivity index is 1.71. The smallest absolute Gasteiger partial charge is 0.302 e. The molecule has 4 aliphatic carbocycles. The van der Waals surface area contributed by atoms with Crippen LogP contribution in [-0.2, 0) is 19.1 Å². The maximum Gasteiger partial charge on any atom is 0.302 e. The van der Waals surface area contributed by atoms with E-state index in [1.54, 1.807) is 5.57 Å². The van der Waals surface area contributed by atoms with Crippen molar-refractivity contribution in [2.24, 2.45) is 22.7 Å². The standard InChI is InChI=1S/C23H34O4/c1-14(24)26-16-7-8-20-17-9-11-22(3)10-5-6-19(22)18(17)12-21(27-15(2)25)23(20,4)13-16/h16,18-19,21H,5-13H2,1-4H3/t16-,18-,19-,21-,22+,23+/m1/s1. The molecule has 0 heterocycles. The van der Waals surface area contributed by atoms with Gasteiger partial charge in [-0.1, -0.05) is 31.4 Å². The third-order valence-corrected chi connectivity index (χ3v) is 8.32. The van der Waals surface area contributed by atoms with Gasteiger partial charge in [0.25, 0.3) is 0 Å². The summed E-state index contributed by atoms with van der Waals surface area (Å²) in [6.45, 7) is 7.74. The van der Waals surface area contributed by atoms with Gasteiger partial charge in [0.1, 0.15) is 12.2 Å². The fourth-order valence-corrected chi connectivity index (χ4v) is 7.13. The SMILES string of the molecule is CC(=O)O[C@@H]1CCC2=C3CC[C@]4(C)CCC[C@@H]4[C@@H]3C[C@@H](OC(C)=O)[C@@]2(C)C1. The Bertz CT molecular complexity index is 680. The van der Waals surface area contributed by atoms with Crippen molar-refractivity contribution in [1.29, 1.82) is 0 Å². The molecule has 0 aromatic carbocycles. The average molecular weight is 375 g/mol. The molecular weight excluding hydrogens is 340 g/mol. The molecule has 4 nitrogen and oxygen atoms in total. The number of esters is 2. The number of carbonyl (C=O) groups excluding carboxylic acids is 2. The van der Waals surface area contributed by atoms with E-state index in [1.807, 2.05) is 0 Å². The molecule has 0 spiro atoms. The van der Waals surface area contributed by atoms with Gasteiger partial charge >= 0.3 is 11.9 Å². The molecule has 4 heteroatoms. The maximum absolute atomic E-state index is 11.9. The second kappa shape index (κ2) is 6.63. The highest BCUT2D eigenvalue weighted by Crippen LogP contribution is 2.63. The van der Waals surface area contributed by atoms with Crippen molar-refractivity contribution in [2.45, 2.75) is 97.7 Å². The third kappa shape index (κ3) is 3.13. The van der Waals surface area contributed by atoms with E-state index in [2.05, 4.69) is 13.8 Å². The van der Waals surface area contributed by atoms with Crippen LogP contribution < -0.4 is 0 Å². The van der Waals surface area contributed by atoms with Crippen LogP contribution >= 0.6 is 0 Å². The van der Waals surface area contributed by atoms with Crippen molar-refractivity contribution < 1.29 is 19.1 Å². The Hall–Kier alpha value is -1.32. The number of allylic oxidation sites excluding steroid dienone is 1. The van der Waals surface area contributed by atoms with Crippen molar-refractivity contribution in [3.05, 3.63) is 11.1 Å². The first kappa shape index (κ1) is 19.0. The number of hydrogen-bond donors (Lipinski definition) is 0. The highest BCUT2D eigenvalue weighted by Gasteiger charge is 2.56. The normalized spacial score (nSPS) is 43.4. The van der Waals surface area contributed by atoms with Crippen LogP contribution in [0.1, 0.15) is 85.5 Å². The van der Waals surface area contributed by atoms with E-state index in [9.17, 15) is 9.59 Å². The largest absolute Gasteiger partial charge is 0.463 e. The number of hydrogen-bond acceptors (Lipinski definition) is 4. The summed E-state index contributed by atoms with van der Waals surface area (Å²) in [5.74, 6) is 0.909. The predicted octanol–water partition coefficient (Wildman–Crippen LogP) is 4.96. The van der Waals surface area contributed by atoms with E-state index in [4.69, 9.17) is 9.47 Å². The Morgan fingerprint density at radius 1 is 1.00 bits per heavy atom. The number of rotatable bonds is 2. The molecule has 0 radical (unpaired) electrons. The van der Waals surface area contributed by atoms with Crippen molar-refractivity contribution in [1.82, 2.24) is 0 Å². The zero-order chi connectivity index (χ0) is 19.4. The summed E-state index contributed by atoms with van der Waals surface area (Å²) in [7, 11) is 0. The molecule has 4 aliphatic rings. The van der Waals surface area contributed by atoms with Gasteiger partial charge in [-0.2, -0.15) is 0 Å². The molecule has 0 aliphatic heterocycles. The molecule has 27 heavy (non-hydrogen) atoms. The average Bonchev–Trinajstić information content (AvgIpc) is 2.96. The molecule has 0 bridgehead atoms. The molecule has 0 unspecified atom stereocenters. The number of fused-ring (bicyclic) bond motifs is 4. The highest BCUT2D eigenvalue weighted by atomic mass is 16.5. The molecule has 3 saturated carbocycles. The summed E-state index contributed by atoms with van der Waals surface area (Å²) in [5.41, 5.74) is 3.48. The Morgan fingerprint density at radius 3 is 2.44 bits per heavy atom. The van der Waals surface area contributed by atoms with Crippen LogP contribution in [-0.4, -0.2) is 24.1 Å². The highest BCUT2D eigenvalue weighted by molar-refractivity contribution is 5.67. The van der Waals surface area contributed by atoms with Crippen molar-refractivity contribution >= 4 is 11.9 Å². The molecule has 0 amide bonds. The Labute approximate surface area is 163 Å². The fraction of sp³-hybridized carbons (Fsp3) is 0.826. The van der Waals surface area contributed by atoms with Crippen molar-refractivity contribution in [3.63, 3.8) is 0 Å². The molecular formula is C23H34O4. The zero-order valence-electron chi connectivity index (χ0n) is 17.3. The maximum atomic E-state index is 11.9. The molecule has 0 N–H and O–H groups in total. The van der Waals surface area contributed by atoms with E-state index in [0.29, 0.717) is 11.3 Å². The van der Waals surface area contributed by atoms with Crippen LogP contribution in [0, 0.1) is 22.7 Å². The Kier molecular flexibility index (Phi) is 4.67. The zero-order valence-corrected chi connectivity index (χ0v) is 17.3. The van der Waals surface area contributed by atoms with Crippen molar-refractivity contribution in [2.75, 3.05) is 0 Å². The molecule has 0 aromatic rings. The van der Waals surface area contributed by atoms with E-state index >= 15 is 0 Å². The van der Waals surface area contributed by atoms with Crippen LogP contribution in [0.15, 0.2) is 11.1 Å². The summed E-state index contributed by atoms with van der Waals surface area (Å²) in [6.07, 6.45) is 9.94. The van der Waals surface area contributed by atoms with Crippen LogP contribution in [0.25, 0.3) is 0 Å². The first-order valence-corrected chi connectivity index (χ1v) is 10.8. The van der Waals surface area contributed by atoms with E-state index in [-0.39, 0.29) is 29.6 Å². The van der Waals surface area contributed by atoms with Gasteiger partial charge in [-0.15, -0.1) is 0 Å². The monoisotopic (exact) mass is 374 g/mol. The van der Waals surface area contributed by atoms with E-state index in [0.717, 1.165) is 31.6 Å². The van der Waals surface area contributed by atoms with Gasteiger partial charge in [0, 0.05) is 19.3 Å². The molecule has 0 aromatic heterocycles. The minimum Gasteiger partial charge on any atom is -0.463 e.